The average molecular weight is 416 g/mol. The Balaban J connectivity index is 1.51. The summed E-state index contributed by atoms with van der Waals surface area (Å²) in [6.45, 7) is 4.57. The number of rotatable bonds is 14. The van der Waals surface area contributed by atoms with E-state index in [9.17, 15) is 9.36 Å². The molecule has 0 N–H and O–H groups in total. The normalized spacial score (nSPS) is 24.6. The van der Waals surface area contributed by atoms with E-state index in [1.807, 2.05) is 0 Å². The molecule has 0 aromatic rings. The number of ether oxygens (including phenoxy) is 1. The van der Waals surface area contributed by atoms with E-state index < -0.39 is 13.8 Å². The van der Waals surface area contributed by atoms with Gasteiger partial charge in [-0.3, -0.25) is 9.05 Å². The topological polar surface area (TPSA) is 71.1 Å². The van der Waals surface area contributed by atoms with Crippen LogP contribution in [0.2, 0.25) is 0 Å². The Morgan fingerprint density at radius 3 is 2.11 bits per heavy atom. The number of carbonyl (C=O) groups is 1. The first-order valence-corrected chi connectivity index (χ1v) is 12.5. The van der Waals surface area contributed by atoms with Crippen molar-refractivity contribution in [3.05, 3.63) is 11.3 Å². The number of cyclic esters (lactones) is 1. The second kappa shape index (κ2) is 12.7. The van der Waals surface area contributed by atoms with Gasteiger partial charge >= 0.3 is 13.8 Å². The number of unbranched alkanes of at least 4 members (excludes halogenated alkanes) is 11. The van der Waals surface area contributed by atoms with Gasteiger partial charge in [0.2, 0.25) is 0 Å². The van der Waals surface area contributed by atoms with Crippen LogP contribution in [-0.4, -0.2) is 25.8 Å². The zero-order valence-corrected chi connectivity index (χ0v) is 18.5. The lowest BCUT2D eigenvalue weighted by Gasteiger charge is -2.17. The summed E-state index contributed by atoms with van der Waals surface area (Å²) in [7, 11) is -3.64. The second-order valence-corrected chi connectivity index (χ2v) is 9.42. The number of carbonyl (C=O) groups excluding carboxylic acids is 1. The van der Waals surface area contributed by atoms with Crippen LogP contribution in [0, 0.1) is 5.92 Å². The molecule has 0 aliphatic carbocycles. The van der Waals surface area contributed by atoms with Crippen molar-refractivity contribution < 1.29 is 27.7 Å². The summed E-state index contributed by atoms with van der Waals surface area (Å²) in [4.78, 5) is 11.7. The van der Waals surface area contributed by atoms with Crippen LogP contribution in [0.4, 0.5) is 0 Å². The number of allylic oxidation sites excluding steroid dienone is 1. The number of fused-ring (bicyclic) bond motifs is 1. The number of esters is 1. The molecule has 2 unspecified atom stereocenters. The summed E-state index contributed by atoms with van der Waals surface area (Å²) >= 11 is 0. The maximum atomic E-state index is 12.6. The van der Waals surface area contributed by atoms with E-state index in [1.165, 1.54) is 64.2 Å². The smallest absolute Gasteiger partial charge is 0.461 e. The monoisotopic (exact) mass is 416 g/mol. The minimum absolute atomic E-state index is 0.119. The van der Waals surface area contributed by atoms with E-state index >= 15 is 0 Å². The van der Waals surface area contributed by atoms with E-state index in [4.69, 9.17) is 18.3 Å². The summed E-state index contributed by atoms with van der Waals surface area (Å²) < 4.78 is 33.8. The quantitative estimate of drug-likeness (QED) is 0.188. The van der Waals surface area contributed by atoms with Crippen molar-refractivity contribution in [1.82, 2.24) is 0 Å². The van der Waals surface area contributed by atoms with Crippen molar-refractivity contribution in [3.8, 4) is 0 Å². The third-order valence-corrected chi connectivity index (χ3v) is 6.81. The number of hydrogen-bond acceptors (Lipinski definition) is 6. The standard InChI is InChI=1S/C21H37O6P/c1-3-4-5-6-7-8-9-10-11-12-13-14-15-25-28(23)26-17-19-16-24-21(22)20(19)18(2)27-28/h19H,3-17H2,1-2H3. The molecule has 1 saturated heterocycles. The highest BCUT2D eigenvalue weighted by molar-refractivity contribution is 7.48. The minimum atomic E-state index is -3.64. The average Bonchev–Trinajstić information content (AvgIpc) is 2.98. The van der Waals surface area contributed by atoms with Crippen molar-refractivity contribution >= 4 is 13.8 Å². The molecule has 1 fully saturated rings. The highest BCUT2D eigenvalue weighted by atomic mass is 31.2. The fourth-order valence-electron chi connectivity index (χ4n) is 3.67. The zero-order chi connectivity index (χ0) is 20.2. The van der Waals surface area contributed by atoms with Gasteiger partial charge in [0, 0.05) is 0 Å². The van der Waals surface area contributed by atoms with E-state index in [1.54, 1.807) is 6.92 Å². The molecule has 2 heterocycles. The Bertz CT molecular complexity index is 559. The van der Waals surface area contributed by atoms with Gasteiger partial charge in [-0.1, -0.05) is 77.6 Å². The highest BCUT2D eigenvalue weighted by Gasteiger charge is 2.42. The van der Waals surface area contributed by atoms with Gasteiger partial charge in [0.05, 0.1) is 24.7 Å². The summed E-state index contributed by atoms with van der Waals surface area (Å²) in [5.74, 6) is -0.345. The summed E-state index contributed by atoms with van der Waals surface area (Å²) in [5, 5.41) is 0. The summed E-state index contributed by atoms with van der Waals surface area (Å²) in [6, 6.07) is 0. The molecule has 28 heavy (non-hydrogen) atoms. The van der Waals surface area contributed by atoms with Gasteiger partial charge in [0.1, 0.15) is 12.4 Å². The van der Waals surface area contributed by atoms with Crippen LogP contribution < -0.4 is 0 Å². The van der Waals surface area contributed by atoms with Gasteiger partial charge in [-0.15, -0.1) is 0 Å². The van der Waals surface area contributed by atoms with Gasteiger partial charge in [-0.2, -0.15) is 0 Å². The first kappa shape index (κ1) is 23.4. The van der Waals surface area contributed by atoms with Crippen LogP contribution in [0.3, 0.4) is 0 Å². The molecule has 6 nitrogen and oxygen atoms in total. The predicted molar refractivity (Wildman–Crippen MR) is 109 cm³/mol. The lowest BCUT2D eigenvalue weighted by atomic mass is 10.0. The van der Waals surface area contributed by atoms with Crippen molar-refractivity contribution in [2.45, 2.75) is 90.9 Å². The van der Waals surface area contributed by atoms with Gasteiger partial charge in [0.25, 0.3) is 0 Å². The van der Waals surface area contributed by atoms with Crippen LogP contribution in [0.5, 0.6) is 0 Å². The van der Waals surface area contributed by atoms with Gasteiger partial charge in [-0.25, -0.2) is 9.36 Å². The van der Waals surface area contributed by atoms with Gasteiger partial charge in [0.15, 0.2) is 0 Å². The lowest BCUT2D eigenvalue weighted by Crippen LogP contribution is -2.10. The summed E-state index contributed by atoms with van der Waals surface area (Å²) in [5.41, 5.74) is 0.423. The fourth-order valence-corrected chi connectivity index (χ4v) is 5.00. The zero-order valence-electron chi connectivity index (χ0n) is 17.6. The first-order valence-electron chi connectivity index (χ1n) is 11.0. The molecule has 0 saturated carbocycles. The molecule has 2 aliphatic rings. The van der Waals surface area contributed by atoms with Gasteiger partial charge < -0.3 is 9.26 Å². The van der Waals surface area contributed by atoms with Crippen LogP contribution in [0.1, 0.15) is 90.9 Å². The maximum Gasteiger partial charge on any atom is 0.529 e. The molecule has 0 aromatic carbocycles. The number of phosphoric ester groups is 1. The molecule has 2 aliphatic heterocycles. The Labute approximate surface area is 170 Å². The Morgan fingerprint density at radius 1 is 0.929 bits per heavy atom. The van der Waals surface area contributed by atoms with E-state index in [0.29, 0.717) is 17.9 Å². The highest BCUT2D eigenvalue weighted by Crippen LogP contribution is 2.54. The fraction of sp³-hybridized carbons (Fsp3) is 0.857. The first-order chi connectivity index (χ1) is 13.6. The molecular formula is C21H37O6P. The second-order valence-electron chi connectivity index (χ2n) is 7.82. The van der Waals surface area contributed by atoms with E-state index in [0.717, 1.165) is 12.8 Å². The lowest BCUT2D eigenvalue weighted by molar-refractivity contribution is -0.135. The predicted octanol–water partition coefficient (Wildman–Crippen LogP) is 6.31. The Kier molecular flexibility index (Phi) is 10.6. The third-order valence-electron chi connectivity index (χ3n) is 5.35. The number of phosphoric acid groups is 1. The molecule has 0 aromatic heterocycles. The van der Waals surface area contributed by atoms with Crippen molar-refractivity contribution in [3.63, 3.8) is 0 Å². The van der Waals surface area contributed by atoms with E-state index in [2.05, 4.69) is 6.92 Å². The molecular weight excluding hydrogens is 379 g/mol. The molecule has 2 rings (SSSR count). The van der Waals surface area contributed by atoms with Crippen LogP contribution in [-0.2, 0) is 27.7 Å². The molecule has 0 spiro atoms. The molecule has 0 bridgehead atoms. The number of hydrogen-bond donors (Lipinski definition) is 0. The maximum absolute atomic E-state index is 12.6. The Hall–Kier alpha value is -0.840. The summed E-state index contributed by atoms with van der Waals surface area (Å²) in [6.07, 6.45) is 15.1. The molecule has 7 heteroatoms. The van der Waals surface area contributed by atoms with Crippen LogP contribution >= 0.6 is 7.82 Å². The van der Waals surface area contributed by atoms with Gasteiger partial charge in [-0.05, 0) is 13.3 Å². The molecule has 0 radical (unpaired) electrons. The minimum Gasteiger partial charge on any atom is -0.461 e. The van der Waals surface area contributed by atoms with Crippen LogP contribution in [0.25, 0.3) is 0 Å². The third kappa shape index (κ3) is 7.88. The Morgan fingerprint density at radius 2 is 1.50 bits per heavy atom. The molecule has 0 amide bonds. The van der Waals surface area contributed by atoms with Crippen molar-refractivity contribution in [2.75, 3.05) is 19.8 Å². The van der Waals surface area contributed by atoms with Crippen molar-refractivity contribution in [2.24, 2.45) is 5.92 Å². The van der Waals surface area contributed by atoms with E-state index in [-0.39, 0.29) is 19.1 Å². The van der Waals surface area contributed by atoms with Crippen molar-refractivity contribution in [1.29, 1.82) is 0 Å². The molecule has 2 atom stereocenters. The SMILES string of the molecule is CCCCCCCCCCCCCCOP1(=O)OCC2COC(=O)C2=C(C)O1. The largest absolute Gasteiger partial charge is 0.529 e. The molecule has 162 valence electrons. The van der Waals surface area contributed by atoms with Crippen LogP contribution in [0.15, 0.2) is 11.3 Å².